The molecule has 1 fully saturated rings. The molecule has 2 heterocycles. The Balaban J connectivity index is 1.77. The van der Waals surface area contributed by atoms with Crippen LogP contribution in [0.1, 0.15) is 41.0 Å². The van der Waals surface area contributed by atoms with Gasteiger partial charge in [-0.25, -0.2) is 9.97 Å². The highest BCUT2D eigenvalue weighted by Gasteiger charge is 2.26. The molecule has 0 saturated carbocycles. The first-order valence-corrected chi connectivity index (χ1v) is 8.16. The van der Waals surface area contributed by atoms with Crippen molar-refractivity contribution in [1.29, 1.82) is 0 Å². The molecule has 120 valence electrons. The number of nitrogens with one attached hydrogen (secondary N) is 1. The van der Waals surface area contributed by atoms with E-state index in [1.807, 2.05) is 23.1 Å². The third-order valence-corrected chi connectivity index (χ3v) is 4.18. The maximum Gasteiger partial charge on any atom is 0.257 e. The zero-order valence-electron chi connectivity index (χ0n) is 13.4. The molecule has 5 nitrogen and oxygen atoms in total. The summed E-state index contributed by atoms with van der Waals surface area (Å²) in [5.74, 6) is 0.0384. The lowest BCUT2D eigenvalue weighted by atomic mass is 10.0. The topological polar surface area (TPSA) is 58.1 Å². The van der Waals surface area contributed by atoms with Crippen molar-refractivity contribution in [2.24, 2.45) is 0 Å². The van der Waals surface area contributed by atoms with Crippen molar-refractivity contribution >= 4 is 5.91 Å². The van der Waals surface area contributed by atoms with E-state index in [9.17, 15) is 4.79 Å². The summed E-state index contributed by atoms with van der Waals surface area (Å²) in [7, 11) is 0. The average Bonchev–Trinajstić information content (AvgIpc) is 2.63. The van der Waals surface area contributed by atoms with Crippen molar-refractivity contribution in [2.45, 2.75) is 25.8 Å². The van der Waals surface area contributed by atoms with Crippen LogP contribution >= 0.6 is 0 Å². The number of amides is 1. The van der Waals surface area contributed by atoms with Gasteiger partial charge in [0.15, 0.2) is 0 Å². The highest BCUT2D eigenvalue weighted by molar-refractivity contribution is 5.95. The molecule has 1 aliphatic heterocycles. The lowest BCUT2D eigenvalue weighted by molar-refractivity contribution is 0.0700. The van der Waals surface area contributed by atoms with Gasteiger partial charge in [0.05, 0.1) is 11.3 Å². The van der Waals surface area contributed by atoms with Crippen LogP contribution in [0.5, 0.6) is 0 Å². The van der Waals surface area contributed by atoms with Gasteiger partial charge in [0.2, 0.25) is 0 Å². The zero-order chi connectivity index (χ0) is 16.1. The van der Waals surface area contributed by atoms with Gasteiger partial charge in [-0.2, -0.15) is 0 Å². The maximum absolute atomic E-state index is 12.9. The highest BCUT2D eigenvalue weighted by Crippen LogP contribution is 2.19. The molecule has 1 aliphatic rings. The molecule has 1 aromatic heterocycles. The standard InChI is InChI=1S/C18H22N4O/c1-2-6-16-15(11-19-13-21-16)18(23)22-10-9-20-17(12-22)14-7-4-3-5-8-14/h3-5,7-8,11,13,17,20H,2,6,9-10,12H2,1H3. The second-order valence-corrected chi connectivity index (χ2v) is 5.80. The van der Waals surface area contributed by atoms with Gasteiger partial charge in [-0.05, 0) is 12.0 Å². The van der Waals surface area contributed by atoms with Crippen LogP contribution in [0.4, 0.5) is 0 Å². The summed E-state index contributed by atoms with van der Waals surface area (Å²) < 4.78 is 0. The number of nitrogens with zero attached hydrogens (tertiary/aromatic N) is 3. The van der Waals surface area contributed by atoms with Gasteiger partial charge in [0.25, 0.3) is 5.91 Å². The normalized spacial score (nSPS) is 18.0. The van der Waals surface area contributed by atoms with E-state index >= 15 is 0 Å². The third kappa shape index (κ3) is 3.56. The van der Waals surface area contributed by atoms with Crippen LogP contribution in [-0.4, -0.2) is 40.4 Å². The van der Waals surface area contributed by atoms with Crippen molar-refractivity contribution in [3.05, 3.63) is 59.7 Å². The number of hydrogen-bond donors (Lipinski definition) is 1. The average molecular weight is 310 g/mol. The Labute approximate surface area is 136 Å². The molecule has 0 bridgehead atoms. The van der Waals surface area contributed by atoms with Crippen molar-refractivity contribution in [2.75, 3.05) is 19.6 Å². The van der Waals surface area contributed by atoms with Gasteiger partial charge in [0.1, 0.15) is 6.33 Å². The van der Waals surface area contributed by atoms with Gasteiger partial charge in [0, 0.05) is 31.9 Å². The summed E-state index contributed by atoms with van der Waals surface area (Å²) in [6, 6.07) is 10.4. The van der Waals surface area contributed by atoms with Gasteiger partial charge in [-0.3, -0.25) is 4.79 Å². The van der Waals surface area contributed by atoms with Crippen LogP contribution in [0.2, 0.25) is 0 Å². The van der Waals surface area contributed by atoms with Gasteiger partial charge in [-0.15, -0.1) is 0 Å². The predicted octanol–water partition coefficient (Wildman–Crippen LogP) is 2.22. The second-order valence-electron chi connectivity index (χ2n) is 5.80. The molecule has 1 unspecified atom stereocenters. The number of carbonyl (C=O) groups excluding carboxylic acids is 1. The molecular weight excluding hydrogens is 288 g/mol. The minimum atomic E-state index is 0.0384. The highest BCUT2D eigenvalue weighted by atomic mass is 16.2. The van der Waals surface area contributed by atoms with Crippen molar-refractivity contribution < 1.29 is 4.79 Å². The molecule has 1 aromatic carbocycles. The largest absolute Gasteiger partial charge is 0.335 e. The lowest BCUT2D eigenvalue weighted by Gasteiger charge is -2.34. The first-order valence-electron chi connectivity index (χ1n) is 8.16. The molecule has 1 N–H and O–H groups in total. The van der Waals surface area contributed by atoms with E-state index in [0.29, 0.717) is 18.7 Å². The minimum Gasteiger partial charge on any atom is -0.335 e. The lowest BCUT2D eigenvalue weighted by Crippen LogP contribution is -2.48. The summed E-state index contributed by atoms with van der Waals surface area (Å²) in [6.07, 6.45) is 4.94. The Morgan fingerprint density at radius 3 is 2.96 bits per heavy atom. The van der Waals surface area contributed by atoms with Crippen molar-refractivity contribution in [1.82, 2.24) is 20.2 Å². The first-order chi connectivity index (χ1) is 11.3. The molecule has 0 radical (unpaired) electrons. The number of piperazine rings is 1. The Morgan fingerprint density at radius 1 is 1.35 bits per heavy atom. The fourth-order valence-corrected chi connectivity index (χ4v) is 2.98. The number of benzene rings is 1. The summed E-state index contributed by atoms with van der Waals surface area (Å²) in [4.78, 5) is 23.1. The summed E-state index contributed by atoms with van der Waals surface area (Å²) in [5, 5.41) is 3.49. The van der Waals surface area contributed by atoms with E-state index in [1.165, 1.54) is 11.9 Å². The molecular formula is C18H22N4O. The molecule has 1 saturated heterocycles. The van der Waals surface area contributed by atoms with Crippen LogP contribution in [0, 0.1) is 0 Å². The van der Waals surface area contributed by atoms with E-state index in [0.717, 1.165) is 25.1 Å². The number of aromatic nitrogens is 2. The maximum atomic E-state index is 12.9. The van der Waals surface area contributed by atoms with Crippen LogP contribution in [0.15, 0.2) is 42.9 Å². The molecule has 1 atom stereocenters. The second kappa shape index (κ2) is 7.33. The number of rotatable bonds is 4. The Bertz CT molecular complexity index is 659. The predicted molar refractivity (Wildman–Crippen MR) is 89.1 cm³/mol. The Morgan fingerprint density at radius 2 is 2.17 bits per heavy atom. The fraction of sp³-hybridized carbons (Fsp3) is 0.389. The fourth-order valence-electron chi connectivity index (χ4n) is 2.98. The summed E-state index contributed by atoms with van der Waals surface area (Å²) >= 11 is 0. The first kappa shape index (κ1) is 15.6. The van der Waals surface area contributed by atoms with Crippen LogP contribution in [0.25, 0.3) is 0 Å². The van der Waals surface area contributed by atoms with Crippen LogP contribution < -0.4 is 5.32 Å². The Hall–Kier alpha value is -2.27. The van der Waals surface area contributed by atoms with Gasteiger partial charge >= 0.3 is 0 Å². The van der Waals surface area contributed by atoms with E-state index in [1.54, 1.807) is 6.20 Å². The molecule has 0 spiro atoms. The monoisotopic (exact) mass is 310 g/mol. The van der Waals surface area contributed by atoms with Crippen molar-refractivity contribution in [3.63, 3.8) is 0 Å². The van der Waals surface area contributed by atoms with E-state index < -0.39 is 0 Å². The van der Waals surface area contributed by atoms with E-state index in [2.05, 4.69) is 34.3 Å². The third-order valence-electron chi connectivity index (χ3n) is 4.18. The number of carbonyl (C=O) groups is 1. The van der Waals surface area contributed by atoms with Crippen molar-refractivity contribution in [3.8, 4) is 0 Å². The van der Waals surface area contributed by atoms with Gasteiger partial charge < -0.3 is 10.2 Å². The number of hydrogen-bond acceptors (Lipinski definition) is 4. The smallest absolute Gasteiger partial charge is 0.257 e. The molecule has 0 aliphatic carbocycles. The van der Waals surface area contributed by atoms with Gasteiger partial charge in [-0.1, -0.05) is 43.7 Å². The van der Waals surface area contributed by atoms with Crippen LogP contribution in [-0.2, 0) is 6.42 Å². The zero-order valence-corrected chi connectivity index (χ0v) is 13.4. The molecule has 5 heteroatoms. The van der Waals surface area contributed by atoms with E-state index in [-0.39, 0.29) is 11.9 Å². The molecule has 23 heavy (non-hydrogen) atoms. The Kier molecular flexibility index (Phi) is 4.98. The summed E-state index contributed by atoms with van der Waals surface area (Å²) in [5.41, 5.74) is 2.70. The molecule has 2 aromatic rings. The SMILES string of the molecule is CCCc1ncncc1C(=O)N1CCNC(c2ccccc2)C1. The minimum absolute atomic E-state index is 0.0384. The molecule has 3 rings (SSSR count). The summed E-state index contributed by atoms with van der Waals surface area (Å²) in [6.45, 7) is 4.26. The quantitative estimate of drug-likeness (QED) is 0.941. The van der Waals surface area contributed by atoms with Crippen LogP contribution in [0.3, 0.4) is 0 Å². The molecule has 1 amide bonds. The van der Waals surface area contributed by atoms with E-state index in [4.69, 9.17) is 0 Å². The number of aryl methyl sites for hydroxylation is 1.